The lowest BCUT2D eigenvalue weighted by atomic mass is 10.1. The number of hydrogen-bond donors (Lipinski definition) is 1. The van der Waals surface area contributed by atoms with Crippen molar-refractivity contribution < 1.29 is 19.2 Å². The summed E-state index contributed by atoms with van der Waals surface area (Å²) in [6, 6.07) is 2.52. The van der Waals surface area contributed by atoms with E-state index in [2.05, 4.69) is 5.32 Å². The van der Waals surface area contributed by atoms with Gasteiger partial charge in [0, 0.05) is 13.1 Å². The maximum Gasteiger partial charge on any atom is 0.315 e. The van der Waals surface area contributed by atoms with Crippen LogP contribution in [0.15, 0.2) is 12.1 Å². The molecule has 1 aromatic carbocycles. The predicted octanol–water partition coefficient (Wildman–Crippen LogP) is 0.972. The van der Waals surface area contributed by atoms with E-state index < -0.39 is 10.8 Å². The molecule has 0 aliphatic carbocycles. The Morgan fingerprint density at radius 2 is 2.00 bits per heavy atom. The highest BCUT2D eigenvalue weighted by Gasteiger charge is 2.23. The molecule has 7 nitrogen and oxygen atoms in total. The number of hydrogen-bond acceptors (Lipinski definition) is 5. The van der Waals surface area contributed by atoms with Crippen molar-refractivity contribution in [1.29, 1.82) is 0 Å². The molecule has 0 bridgehead atoms. The minimum Gasteiger partial charge on any atom is -0.493 e. The molecule has 0 aliphatic heterocycles. The van der Waals surface area contributed by atoms with Gasteiger partial charge in [0.1, 0.15) is 0 Å². The van der Waals surface area contributed by atoms with Gasteiger partial charge in [-0.2, -0.15) is 0 Å². The molecule has 0 unspecified atom stereocenters. The molecule has 0 radical (unpaired) electrons. The highest BCUT2D eigenvalue weighted by atomic mass is 16.6. The molecule has 0 aromatic heterocycles. The van der Waals surface area contributed by atoms with Gasteiger partial charge >= 0.3 is 5.69 Å². The van der Waals surface area contributed by atoms with Gasteiger partial charge in [-0.25, -0.2) is 0 Å². The van der Waals surface area contributed by atoms with E-state index in [9.17, 15) is 14.9 Å². The molecule has 0 spiro atoms. The standard InChI is InChI=1S/C10H12N2O5/c1-11-10(13)6-4-7(12(14)15)9(17-3)8(5-6)16-2/h4-5H,1-3H3,(H,11,13). The van der Waals surface area contributed by atoms with Crippen LogP contribution in [0.5, 0.6) is 11.5 Å². The first-order chi connectivity index (χ1) is 8.04. The van der Waals surface area contributed by atoms with Crippen LogP contribution in [-0.2, 0) is 0 Å². The summed E-state index contributed by atoms with van der Waals surface area (Å²) in [5.74, 6) is -0.306. The van der Waals surface area contributed by atoms with Crippen LogP contribution in [0.2, 0.25) is 0 Å². The largest absolute Gasteiger partial charge is 0.493 e. The fourth-order valence-electron chi connectivity index (χ4n) is 1.36. The van der Waals surface area contributed by atoms with E-state index in [0.29, 0.717) is 0 Å². The summed E-state index contributed by atoms with van der Waals surface area (Å²) in [7, 11) is 4.07. The van der Waals surface area contributed by atoms with Crippen molar-refractivity contribution in [3.05, 3.63) is 27.8 Å². The second-order valence-corrected chi connectivity index (χ2v) is 3.07. The van der Waals surface area contributed by atoms with E-state index in [1.54, 1.807) is 0 Å². The normalized spacial score (nSPS) is 9.59. The van der Waals surface area contributed by atoms with E-state index in [1.807, 2.05) is 0 Å². The third kappa shape index (κ3) is 2.44. The van der Waals surface area contributed by atoms with Crippen LogP contribution in [0.4, 0.5) is 5.69 Å². The number of nitro groups is 1. The smallest absolute Gasteiger partial charge is 0.315 e. The average Bonchev–Trinajstić information content (AvgIpc) is 2.35. The minimum absolute atomic E-state index is 0.00912. The van der Waals surface area contributed by atoms with Gasteiger partial charge in [0.25, 0.3) is 5.91 Å². The Morgan fingerprint density at radius 1 is 1.35 bits per heavy atom. The van der Waals surface area contributed by atoms with E-state index in [4.69, 9.17) is 9.47 Å². The lowest BCUT2D eigenvalue weighted by molar-refractivity contribution is -0.385. The molecule has 0 fully saturated rings. The lowest BCUT2D eigenvalue weighted by Gasteiger charge is -2.09. The van der Waals surface area contributed by atoms with Crippen LogP contribution in [0.25, 0.3) is 0 Å². The Kier molecular flexibility index (Phi) is 3.86. The average molecular weight is 240 g/mol. The molecule has 0 aliphatic rings. The van der Waals surface area contributed by atoms with Crippen molar-refractivity contribution in [3.8, 4) is 11.5 Å². The molecule has 1 amide bonds. The Morgan fingerprint density at radius 3 is 2.41 bits per heavy atom. The third-order valence-corrected chi connectivity index (χ3v) is 2.15. The number of carbonyl (C=O) groups is 1. The molecule has 0 heterocycles. The van der Waals surface area contributed by atoms with Crippen molar-refractivity contribution in [3.63, 3.8) is 0 Å². The summed E-state index contributed by atoms with van der Waals surface area (Å²) in [6.45, 7) is 0. The molecule has 0 saturated carbocycles. The number of nitro benzene ring substituents is 1. The fourth-order valence-corrected chi connectivity index (χ4v) is 1.36. The number of amides is 1. The molecule has 1 aromatic rings. The lowest BCUT2D eigenvalue weighted by Crippen LogP contribution is -2.18. The number of rotatable bonds is 4. The molecule has 7 heteroatoms. The third-order valence-electron chi connectivity index (χ3n) is 2.15. The molecule has 92 valence electrons. The predicted molar refractivity (Wildman–Crippen MR) is 59.6 cm³/mol. The summed E-state index contributed by atoms with van der Waals surface area (Å²) in [4.78, 5) is 21.6. The zero-order valence-electron chi connectivity index (χ0n) is 9.64. The number of benzene rings is 1. The van der Waals surface area contributed by atoms with E-state index >= 15 is 0 Å². The van der Waals surface area contributed by atoms with Crippen LogP contribution in [0.1, 0.15) is 10.4 Å². The number of nitrogens with zero attached hydrogens (tertiary/aromatic N) is 1. The topological polar surface area (TPSA) is 90.7 Å². The second kappa shape index (κ2) is 5.15. The van der Waals surface area contributed by atoms with Gasteiger partial charge in [-0.05, 0) is 6.07 Å². The number of carbonyl (C=O) groups excluding carboxylic acids is 1. The molecule has 1 rings (SSSR count). The van der Waals surface area contributed by atoms with Gasteiger partial charge in [0.05, 0.1) is 24.7 Å². The molecular weight excluding hydrogens is 228 g/mol. The summed E-state index contributed by atoms with van der Waals surface area (Å²) in [5.41, 5.74) is -0.178. The molecule has 0 atom stereocenters. The van der Waals surface area contributed by atoms with Gasteiger partial charge in [-0.15, -0.1) is 0 Å². The SMILES string of the molecule is CNC(=O)c1cc(OC)c(OC)c([N+](=O)[O-])c1. The van der Waals surface area contributed by atoms with Crippen molar-refractivity contribution in [1.82, 2.24) is 5.32 Å². The van der Waals surface area contributed by atoms with Gasteiger partial charge in [0.2, 0.25) is 5.75 Å². The first-order valence-electron chi connectivity index (χ1n) is 4.67. The van der Waals surface area contributed by atoms with Crippen molar-refractivity contribution in [2.75, 3.05) is 21.3 Å². The van der Waals surface area contributed by atoms with Crippen LogP contribution >= 0.6 is 0 Å². The van der Waals surface area contributed by atoms with Crippen molar-refractivity contribution >= 4 is 11.6 Å². The molecule has 1 N–H and O–H groups in total. The number of ether oxygens (including phenoxy) is 2. The quantitative estimate of drug-likeness (QED) is 0.625. The van der Waals surface area contributed by atoms with E-state index in [0.717, 1.165) is 6.07 Å². The van der Waals surface area contributed by atoms with Crippen molar-refractivity contribution in [2.45, 2.75) is 0 Å². The van der Waals surface area contributed by atoms with Gasteiger partial charge < -0.3 is 14.8 Å². The Balaban J connectivity index is 3.45. The van der Waals surface area contributed by atoms with E-state index in [-0.39, 0.29) is 22.7 Å². The Labute approximate surface area is 97.5 Å². The molecule has 0 saturated heterocycles. The van der Waals surface area contributed by atoms with Crippen LogP contribution in [-0.4, -0.2) is 32.1 Å². The first-order valence-corrected chi connectivity index (χ1v) is 4.67. The second-order valence-electron chi connectivity index (χ2n) is 3.07. The Hall–Kier alpha value is -2.31. The highest BCUT2D eigenvalue weighted by Crippen LogP contribution is 2.37. The van der Waals surface area contributed by atoms with Crippen LogP contribution in [0, 0.1) is 10.1 Å². The monoisotopic (exact) mass is 240 g/mol. The maximum atomic E-state index is 11.4. The highest BCUT2D eigenvalue weighted by molar-refractivity contribution is 5.95. The van der Waals surface area contributed by atoms with Gasteiger partial charge in [-0.1, -0.05) is 0 Å². The number of nitrogens with one attached hydrogen (secondary N) is 1. The summed E-state index contributed by atoms with van der Waals surface area (Å²) in [5, 5.41) is 13.2. The Bertz CT molecular complexity index is 458. The van der Waals surface area contributed by atoms with Gasteiger partial charge in [0.15, 0.2) is 5.75 Å². The van der Waals surface area contributed by atoms with Crippen LogP contribution < -0.4 is 14.8 Å². The molecule has 17 heavy (non-hydrogen) atoms. The summed E-state index contributed by atoms with van der Waals surface area (Å²) >= 11 is 0. The molecular formula is C10H12N2O5. The maximum absolute atomic E-state index is 11.4. The van der Waals surface area contributed by atoms with Crippen LogP contribution in [0.3, 0.4) is 0 Å². The van der Waals surface area contributed by atoms with E-state index in [1.165, 1.54) is 27.3 Å². The van der Waals surface area contributed by atoms with Crippen molar-refractivity contribution in [2.24, 2.45) is 0 Å². The first kappa shape index (κ1) is 12.8. The zero-order valence-corrected chi connectivity index (χ0v) is 9.64. The van der Waals surface area contributed by atoms with Gasteiger partial charge in [-0.3, -0.25) is 14.9 Å². The fraction of sp³-hybridized carbons (Fsp3) is 0.300. The zero-order chi connectivity index (χ0) is 13.0. The summed E-state index contributed by atoms with van der Waals surface area (Å²) in [6.07, 6.45) is 0. The minimum atomic E-state index is -0.631. The summed E-state index contributed by atoms with van der Waals surface area (Å²) < 4.78 is 9.85. The number of methoxy groups -OCH3 is 2.